The van der Waals surface area contributed by atoms with E-state index in [4.69, 9.17) is 28.9 Å². The number of hydrogen-bond acceptors (Lipinski definition) is 5. The molecule has 0 spiro atoms. The molecule has 0 unspecified atom stereocenters. The summed E-state index contributed by atoms with van der Waals surface area (Å²) in [7, 11) is 0. The summed E-state index contributed by atoms with van der Waals surface area (Å²) in [6, 6.07) is 3.51. The number of nitrogen functional groups attached to an aromatic ring is 1. The Labute approximate surface area is 135 Å². The van der Waals surface area contributed by atoms with Crippen LogP contribution < -0.4 is 5.73 Å². The SMILES string of the molecule is CC(C)(C)c1nnc2sc(-c3cc(Cl)c(N)c(Cl)c3)nn12. The third-order valence-electron chi connectivity index (χ3n) is 2.99. The van der Waals surface area contributed by atoms with E-state index < -0.39 is 0 Å². The van der Waals surface area contributed by atoms with Crippen LogP contribution in [0.2, 0.25) is 10.0 Å². The molecule has 2 aromatic heterocycles. The van der Waals surface area contributed by atoms with Gasteiger partial charge in [0.2, 0.25) is 4.96 Å². The largest absolute Gasteiger partial charge is 0.396 e. The average molecular weight is 342 g/mol. The maximum atomic E-state index is 6.08. The Balaban J connectivity index is 2.16. The minimum absolute atomic E-state index is 0.138. The molecule has 0 aliphatic rings. The molecule has 2 N–H and O–H groups in total. The first kappa shape index (κ1) is 14.6. The Hall–Kier alpha value is -1.37. The van der Waals surface area contributed by atoms with Crippen molar-refractivity contribution in [3.05, 3.63) is 28.0 Å². The smallest absolute Gasteiger partial charge is 0.235 e. The summed E-state index contributed by atoms with van der Waals surface area (Å²) in [6.45, 7) is 6.21. The van der Waals surface area contributed by atoms with E-state index in [1.807, 2.05) is 0 Å². The summed E-state index contributed by atoms with van der Waals surface area (Å²) in [4.78, 5) is 0.735. The van der Waals surface area contributed by atoms with Crippen LogP contribution in [0.4, 0.5) is 5.69 Å². The van der Waals surface area contributed by atoms with Gasteiger partial charge in [-0.1, -0.05) is 55.3 Å². The van der Waals surface area contributed by atoms with Crippen LogP contribution in [-0.4, -0.2) is 19.8 Å². The minimum Gasteiger partial charge on any atom is -0.396 e. The van der Waals surface area contributed by atoms with Gasteiger partial charge < -0.3 is 5.73 Å². The highest BCUT2D eigenvalue weighted by Crippen LogP contribution is 2.35. The van der Waals surface area contributed by atoms with E-state index in [0.29, 0.717) is 15.7 Å². The molecule has 5 nitrogen and oxygen atoms in total. The Morgan fingerprint density at radius 3 is 2.33 bits per heavy atom. The number of nitrogens with two attached hydrogens (primary N) is 1. The van der Waals surface area contributed by atoms with Gasteiger partial charge in [0.15, 0.2) is 5.82 Å². The molecule has 21 heavy (non-hydrogen) atoms. The van der Waals surface area contributed by atoms with Crippen LogP contribution in [0.1, 0.15) is 26.6 Å². The summed E-state index contributed by atoms with van der Waals surface area (Å²) < 4.78 is 1.76. The van der Waals surface area contributed by atoms with E-state index in [2.05, 4.69) is 36.1 Å². The summed E-state index contributed by atoms with van der Waals surface area (Å²) in [5.41, 5.74) is 6.81. The molecule has 0 fully saturated rings. The van der Waals surface area contributed by atoms with Crippen molar-refractivity contribution in [3.63, 3.8) is 0 Å². The molecule has 3 aromatic rings. The first-order chi connectivity index (χ1) is 9.77. The zero-order valence-electron chi connectivity index (χ0n) is 11.7. The molecule has 0 saturated heterocycles. The molecule has 1 aromatic carbocycles. The predicted octanol–water partition coefficient (Wildman–Crippen LogP) is 4.04. The Bertz CT molecular complexity index is 808. The molecule has 8 heteroatoms. The van der Waals surface area contributed by atoms with Gasteiger partial charge in [0, 0.05) is 11.0 Å². The summed E-state index contributed by atoms with van der Waals surface area (Å²) in [5.74, 6) is 0.813. The molecule has 0 aliphatic carbocycles. The van der Waals surface area contributed by atoms with Crippen LogP contribution >= 0.6 is 34.5 Å². The van der Waals surface area contributed by atoms with Crippen molar-refractivity contribution in [2.24, 2.45) is 0 Å². The van der Waals surface area contributed by atoms with E-state index in [9.17, 15) is 0 Å². The Morgan fingerprint density at radius 1 is 1.14 bits per heavy atom. The highest BCUT2D eigenvalue weighted by atomic mass is 35.5. The average Bonchev–Trinajstić information content (AvgIpc) is 2.93. The molecular formula is C13H13Cl2N5S. The number of rotatable bonds is 1. The number of anilines is 1. The zero-order valence-corrected chi connectivity index (χ0v) is 14.0. The first-order valence-electron chi connectivity index (χ1n) is 6.25. The van der Waals surface area contributed by atoms with Gasteiger partial charge in [-0.15, -0.1) is 10.2 Å². The second-order valence-corrected chi connectivity index (χ2v) is 7.50. The van der Waals surface area contributed by atoms with Gasteiger partial charge in [-0.2, -0.15) is 9.61 Å². The Morgan fingerprint density at radius 2 is 1.76 bits per heavy atom. The lowest BCUT2D eigenvalue weighted by Crippen LogP contribution is -2.16. The lowest BCUT2D eigenvalue weighted by atomic mass is 9.96. The third kappa shape index (κ3) is 2.47. The number of fused-ring (bicyclic) bond motifs is 1. The number of hydrogen-bond donors (Lipinski definition) is 1. The van der Waals surface area contributed by atoms with Gasteiger partial charge in [0.1, 0.15) is 5.01 Å². The van der Waals surface area contributed by atoms with Crippen LogP contribution in [-0.2, 0) is 5.41 Å². The fraction of sp³-hybridized carbons (Fsp3) is 0.308. The van der Waals surface area contributed by atoms with Crippen LogP contribution in [0.15, 0.2) is 12.1 Å². The van der Waals surface area contributed by atoms with E-state index in [1.54, 1.807) is 16.6 Å². The lowest BCUT2D eigenvalue weighted by molar-refractivity contribution is 0.528. The molecular weight excluding hydrogens is 329 g/mol. The van der Waals surface area contributed by atoms with Crippen LogP contribution in [0, 0.1) is 0 Å². The number of aromatic nitrogens is 4. The highest BCUT2D eigenvalue weighted by molar-refractivity contribution is 7.19. The zero-order chi connectivity index (χ0) is 15.4. The van der Waals surface area contributed by atoms with E-state index in [0.717, 1.165) is 21.4 Å². The maximum Gasteiger partial charge on any atom is 0.235 e. The van der Waals surface area contributed by atoms with Crippen LogP contribution in [0.3, 0.4) is 0 Å². The second-order valence-electron chi connectivity index (χ2n) is 5.73. The number of halogens is 2. The topological polar surface area (TPSA) is 69.1 Å². The van der Waals surface area contributed by atoms with Crippen molar-refractivity contribution in [2.45, 2.75) is 26.2 Å². The molecule has 110 valence electrons. The van der Waals surface area contributed by atoms with Gasteiger partial charge >= 0.3 is 0 Å². The molecule has 0 atom stereocenters. The van der Waals surface area contributed by atoms with Gasteiger partial charge in [-0.25, -0.2) is 0 Å². The van der Waals surface area contributed by atoms with Gasteiger partial charge in [-0.05, 0) is 12.1 Å². The minimum atomic E-state index is -0.138. The van der Waals surface area contributed by atoms with Gasteiger partial charge in [0.25, 0.3) is 0 Å². The molecule has 3 rings (SSSR count). The first-order valence-corrected chi connectivity index (χ1v) is 7.82. The molecule has 0 saturated carbocycles. The van der Waals surface area contributed by atoms with Crippen LogP contribution in [0.5, 0.6) is 0 Å². The quantitative estimate of drug-likeness (QED) is 0.678. The molecule has 0 aliphatic heterocycles. The van der Waals surface area contributed by atoms with Crippen molar-refractivity contribution in [3.8, 4) is 10.6 Å². The fourth-order valence-corrected chi connectivity index (χ4v) is 3.22. The highest BCUT2D eigenvalue weighted by Gasteiger charge is 2.23. The van der Waals surface area contributed by atoms with Crippen LogP contribution in [0.25, 0.3) is 15.5 Å². The number of benzene rings is 1. The summed E-state index contributed by atoms with van der Waals surface area (Å²) in [6.07, 6.45) is 0. The van der Waals surface area contributed by atoms with E-state index in [1.165, 1.54) is 11.3 Å². The van der Waals surface area contributed by atoms with E-state index in [-0.39, 0.29) is 5.41 Å². The van der Waals surface area contributed by atoms with Gasteiger partial charge in [-0.3, -0.25) is 0 Å². The predicted molar refractivity (Wildman–Crippen MR) is 87.2 cm³/mol. The second kappa shape index (κ2) is 4.83. The monoisotopic (exact) mass is 341 g/mol. The Kier molecular flexibility index (Phi) is 3.35. The van der Waals surface area contributed by atoms with Crippen molar-refractivity contribution in [1.29, 1.82) is 0 Å². The van der Waals surface area contributed by atoms with Crippen molar-refractivity contribution < 1.29 is 0 Å². The molecule has 0 bridgehead atoms. The van der Waals surface area contributed by atoms with Crippen molar-refractivity contribution in [2.75, 3.05) is 5.73 Å². The van der Waals surface area contributed by atoms with E-state index >= 15 is 0 Å². The number of nitrogens with zero attached hydrogens (tertiary/aromatic N) is 4. The van der Waals surface area contributed by atoms with Gasteiger partial charge in [0.05, 0.1) is 15.7 Å². The van der Waals surface area contributed by atoms with Crippen molar-refractivity contribution >= 4 is 45.2 Å². The normalized spacial score (nSPS) is 12.2. The maximum absolute atomic E-state index is 6.08. The fourth-order valence-electron chi connectivity index (χ4n) is 1.91. The molecule has 2 heterocycles. The summed E-state index contributed by atoms with van der Waals surface area (Å²) in [5, 5.41) is 14.5. The molecule has 0 radical (unpaired) electrons. The lowest BCUT2D eigenvalue weighted by Gasteiger charge is -2.13. The molecule has 0 amide bonds. The van der Waals surface area contributed by atoms with Crippen molar-refractivity contribution in [1.82, 2.24) is 19.8 Å². The third-order valence-corrected chi connectivity index (χ3v) is 4.56. The summed E-state index contributed by atoms with van der Waals surface area (Å²) >= 11 is 13.6. The standard InChI is InChI=1S/C13H13Cl2N5S/c1-13(2,3)11-17-18-12-20(11)19-10(21-12)6-4-7(14)9(16)8(15)5-6/h4-5H,16H2,1-3H3.